The Balaban J connectivity index is 1.39. The van der Waals surface area contributed by atoms with Gasteiger partial charge in [0.1, 0.15) is 5.75 Å². The molecule has 0 bridgehead atoms. The molecule has 4 nitrogen and oxygen atoms in total. The van der Waals surface area contributed by atoms with Crippen molar-refractivity contribution in [3.8, 4) is 5.75 Å². The highest BCUT2D eigenvalue weighted by Crippen LogP contribution is 2.39. The Labute approximate surface area is 161 Å². The van der Waals surface area contributed by atoms with Crippen LogP contribution < -0.4 is 10.1 Å². The average molecular weight is 364 g/mol. The number of hydrogen-bond donors (Lipinski definition) is 1. The van der Waals surface area contributed by atoms with E-state index in [2.05, 4.69) is 34.5 Å². The largest absolute Gasteiger partial charge is 0.494 e. The molecule has 2 heterocycles. The van der Waals surface area contributed by atoms with Crippen molar-refractivity contribution in [1.82, 2.24) is 10.2 Å². The van der Waals surface area contributed by atoms with Gasteiger partial charge in [0.15, 0.2) is 0 Å². The summed E-state index contributed by atoms with van der Waals surface area (Å²) in [5, 5.41) is 3.34. The van der Waals surface area contributed by atoms with E-state index in [9.17, 15) is 4.79 Å². The number of nitrogens with one attached hydrogen (secondary N) is 1. The molecule has 2 saturated heterocycles. The summed E-state index contributed by atoms with van der Waals surface area (Å²) in [6.45, 7) is 5.62. The summed E-state index contributed by atoms with van der Waals surface area (Å²) in [4.78, 5) is 15.1. The predicted octanol–water partition coefficient (Wildman–Crippen LogP) is 3.72. The molecule has 0 aromatic heterocycles. The molecule has 0 saturated carbocycles. The van der Waals surface area contributed by atoms with Crippen molar-refractivity contribution in [2.75, 3.05) is 19.7 Å². The molecule has 0 aliphatic carbocycles. The summed E-state index contributed by atoms with van der Waals surface area (Å²) in [5.74, 6) is 1.17. The number of ether oxygens (including phenoxy) is 1. The Hall–Kier alpha value is -2.33. The lowest BCUT2D eigenvalue weighted by Gasteiger charge is -2.39. The van der Waals surface area contributed by atoms with E-state index < -0.39 is 0 Å². The van der Waals surface area contributed by atoms with Crippen molar-refractivity contribution in [2.45, 2.75) is 44.2 Å². The van der Waals surface area contributed by atoms with E-state index in [4.69, 9.17) is 4.74 Å². The molecule has 1 amide bonds. The number of hydrogen-bond acceptors (Lipinski definition) is 3. The number of carbonyl (C=O) groups is 1. The Bertz CT molecular complexity index is 782. The maximum absolute atomic E-state index is 12.6. The maximum atomic E-state index is 12.6. The van der Waals surface area contributed by atoms with Gasteiger partial charge < -0.3 is 10.1 Å². The van der Waals surface area contributed by atoms with Crippen molar-refractivity contribution < 1.29 is 9.53 Å². The van der Waals surface area contributed by atoms with Gasteiger partial charge in [0.05, 0.1) is 12.5 Å². The van der Waals surface area contributed by atoms with Crippen LogP contribution in [-0.2, 0) is 11.3 Å². The van der Waals surface area contributed by atoms with Gasteiger partial charge in [-0.3, -0.25) is 9.69 Å². The van der Waals surface area contributed by atoms with Gasteiger partial charge in [-0.1, -0.05) is 48.5 Å². The van der Waals surface area contributed by atoms with Crippen molar-refractivity contribution in [2.24, 2.45) is 0 Å². The zero-order valence-electron chi connectivity index (χ0n) is 16.0. The summed E-state index contributed by atoms with van der Waals surface area (Å²) >= 11 is 0. The second-order valence-corrected chi connectivity index (χ2v) is 7.75. The number of benzene rings is 2. The zero-order valence-corrected chi connectivity index (χ0v) is 16.0. The number of amides is 1. The van der Waals surface area contributed by atoms with Crippen LogP contribution >= 0.6 is 0 Å². The molecule has 2 aromatic carbocycles. The first-order chi connectivity index (χ1) is 13.2. The minimum atomic E-state index is -0.0342. The topological polar surface area (TPSA) is 41.6 Å². The average Bonchev–Trinajstić information content (AvgIpc) is 3.02. The minimum absolute atomic E-state index is 0.00331. The fraction of sp³-hybridized carbons (Fsp3) is 0.435. The lowest BCUT2D eigenvalue weighted by atomic mass is 9.82. The van der Waals surface area contributed by atoms with Crippen LogP contribution in [0.3, 0.4) is 0 Å². The molecule has 4 rings (SSSR count). The van der Waals surface area contributed by atoms with Crippen molar-refractivity contribution >= 4 is 5.91 Å². The monoisotopic (exact) mass is 364 g/mol. The molecule has 27 heavy (non-hydrogen) atoms. The molecule has 1 atom stereocenters. The highest BCUT2D eigenvalue weighted by atomic mass is 16.5. The summed E-state index contributed by atoms with van der Waals surface area (Å²) in [6.07, 6.45) is 2.94. The van der Waals surface area contributed by atoms with Gasteiger partial charge in [0, 0.05) is 30.7 Å². The second kappa shape index (κ2) is 7.73. The Morgan fingerprint density at radius 1 is 1.07 bits per heavy atom. The third kappa shape index (κ3) is 3.86. The highest BCUT2D eigenvalue weighted by molar-refractivity contribution is 5.87. The zero-order chi connectivity index (χ0) is 18.7. The summed E-state index contributed by atoms with van der Waals surface area (Å²) in [6, 6.07) is 18.5. The molecule has 0 unspecified atom stereocenters. The van der Waals surface area contributed by atoms with E-state index in [1.807, 2.05) is 37.3 Å². The Morgan fingerprint density at radius 3 is 2.52 bits per heavy atom. The van der Waals surface area contributed by atoms with E-state index in [0.717, 1.165) is 50.2 Å². The van der Waals surface area contributed by atoms with Gasteiger partial charge >= 0.3 is 0 Å². The molecule has 1 spiro atoms. The van der Waals surface area contributed by atoms with Crippen LogP contribution in [0.2, 0.25) is 0 Å². The predicted molar refractivity (Wildman–Crippen MR) is 107 cm³/mol. The van der Waals surface area contributed by atoms with Crippen LogP contribution in [0.5, 0.6) is 5.75 Å². The molecule has 0 radical (unpaired) electrons. The fourth-order valence-corrected chi connectivity index (χ4v) is 4.48. The van der Waals surface area contributed by atoms with Gasteiger partial charge in [-0.05, 0) is 37.8 Å². The van der Waals surface area contributed by atoms with Crippen LogP contribution in [-0.4, -0.2) is 36.0 Å². The molecule has 1 N–H and O–H groups in total. The Morgan fingerprint density at radius 2 is 1.78 bits per heavy atom. The van der Waals surface area contributed by atoms with E-state index in [1.54, 1.807) is 0 Å². The molecule has 142 valence electrons. The molecular formula is C23H28N2O2. The molecule has 2 aliphatic rings. The maximum Gasteiger partial charge on any atom is 0.228 e. The van der Waals surface area contributed by atoms with Crippen LogP contribution in [0.25, 0.3) is 0 Å². The molecule has 4 heteroatoms. The van der Waals surface area contributed by atoms with Crippen molar-refractivity contribution in [1.29, 1.82) is 0 Å². The number of piperidine rings is 1. The number of nitrogens with zero attached hydrogens (tertiary/aromatic N) is 1. The lowest BCUT2D eigenvalue weighted by molar-refractivity contribution is -0.121. The van der Waals surface area contributed by atoms with Gasteiger partial charge in [-0.15, -0.1) is 0 Å². The summed E-state index contributed by atoms with van der Waals surface area (Å²) < 4.78 is 5.77. The molecular weight excluding hydrogens is 336 g/mol. The normalized spacial score (nSPS) is 22.0. The third-order valence-electron chi connectivity index (χ3n) is 5.98. The molecule has 2 aromatic rings. The van der Waals surface area contributed by atoms with Gasteiger partial charge in [-0.25, -0.2) is 0 Å². The SMILES string of the molecule is CCOc1ccccc1CN1CCC2(CC1)C[C@@H](c1ccccc1)C(=O)N2. The quantitative estimate of drug-likeness (QED) is 0.879. The highest BCUT2D eigenvalue weighted by Gasteiger charge is 2.46. The van der Waals surface area contributed by atoms with Gasteiger partial charge in [0.25, 0.3) is 0 Å². The van der Waals surface area contributed by atoms with Crippen LogP contribution in [0.1, 0.15) is 43.2 Å². The van der Waals surface area contributed by atoms with E-state index >= 15 is 0 Å². The number of likely N-dealkylation sites (tertiary alicyclic amines) is 1. The second-order valence-electron chi connectivity index (χ2n) is 7.75. The van der Waals surface area contributed by atoms with E-state index in [0.29, 0.717) is 6.61 Å². The first-order valence-electron chi connectivity index (χ1n) is 9.99. The fourth-order valence-electron chi connectivity index (χ4n) is 4.48. The van der Waals surface area contributed by atoms with Crippen molar-refractivity contribution in [3.63, 3.8) is 0 Å². The first-order valence-corrected chi connectivity index (χ1v) is 9.99. The molecule has 2 fully saturated rings. The smallest absolute Gasteiger partial charge is 0.228 e. The summed E-state index contributed by atoms with van der Waals surface area (Å²) in [7, 11) is 0. The van der Waals surface area contributed by atoms with Crippen LogP contribution in [0.4, 0.5) is 0 Å². The Kier molecular flexibility index (Phi) is 5.17. The van der Waals surface area contributed by atoms with Crippen molar-refractivity contribution in [3.05, 3.63) is 65.7 Å². The summed E-state index contributed by atoms with van der Waals surface area (Å²) in [5.41, 5.74) is 2.35. The first kappa shape index (κ1) is 18.1. The van der Waals surface area contributed by atoms with E-state index in [1.165, 1.54) is 5.56 Å². The van der Waals surface area contributed by atoms with Crippen LogP contribution in [0.15, 0.2) is 54.6 Å². The standard InChI is InChI=1S/C23H28N2O2/c1-2-27-21-11-7-6-10-19(21)17-25-14-12-23(13-15-25)16-20(22(26)24-23)18-8-4-3-5-9-18/h3-11,20H,2,12-17H2,1H3,(H,24,26)/t20-/m0/s1. The van der Waals surface area contributed by atoms with Crippen LogP contribution in [0, 0.1) is 0 Å². The lowest BCUT2D eigenvalue weighted by Crippen LogP contribution is -2.50. The molecule has 2 aliphatic heterocycles. The number of rotatable bonds is 5. The number of carbonyl (C=O) groups excluding carboxylic acids is 1. The number of para-hydroxylation sites is 1. The van der Waals surface area contributed by atoms with Gasteiger partial charge in [-0.2, -0.15) is 0 Å². The van der Waals surface area contributed by atoms with E-state index in [-0.39, 0.29) is 17.4 Å². The third-order valence-corrected chi connectivity index (χ3v) is 5.98. The minimum Gasteiger partial charge on any atom is -0.494 e. The van der Waals surface area contributed by atoms with Gasteiger partial charge in [0.2, 0.25) is 5.91 Å².